The third kappa shape index (κ3) is 9.10. The van der Waals surface area contributed by atoms with Crippen LogP contribution in [-0.4, -0.2) is 18.6 Å². The van der Waals surface area contributed by atoms with Gasteiger partial charge in [0.2, 0.25) is 6.20 Å². The van der Waals surface area contributed by atoms with Gasteiger partial charge in [0.05, 0.1) is 4.92 Å². The van der Waals surface area contributed by atoms with Gasteiger partial charge in [-0.15, -0.1) is 0 Å². The molecular weight excluding hydrogens is 158 g/mol. The number of methoxy groups -OCH3 is 1. The molecule has 0 radical (unpaired) electrons. The highest BCUT2D eigenvalue weighted by molar-refractivity contribution is 4.71. The summed E-state index contributed by atoms with van der Waals surface area (Å²) in [5, 5.41) is 9.83. The van der Waals surface area contributed by atoms with Crippen molar-refractivity contribution in [2.24, 2.45) is 0 Å². The normalized spacial score (nSPS) is 10.8. The van der Waals surface area contributed by atoms with Crippen LogP contribution in [0.2, 0.25) is 0 Å². The number of rotatable bonds is 7. The molecule has 0 N–H and O–H groups in total. The standard InChI is InChI=1S/C8H15NO3/c1-12-8-6-4-2-3-5-7-9(10)11/h5,7H,2-4,6,8H2,1H3. The van der Waals surface area contributed by atoms with Crippen molar-refractivity contribution in [1.29, 1.82) is 0 Å². The van der Waals surface area contributed by atoms with E-state index in [0.29, 0.717) is 0 Å². The molecule has 0 fully saturated rings. The van der Waals surface area contributed by atoms with Crippen molar-refractivity contribution in [3.05, 3.63) is 22.4 Å². The van der Waals surface area contributed by atoms with Crippen molar-refractivity contribution in [2.45, 2.75) is 25.7 Å². The number of hydrogen-bond acceptors (Lipinski definition) is 3. The zero-order valence-corrected chi connectivity index (χ0v) is 7.36. The third-order valence-electron chi connectivity index (χ3n) is 1.45. The number of hydrogen-bond donors (Lipinski definition) is 0. The molecule has 0 atom stereocenters. The van der Waals surface area contributed by atoms with E-state index in [1.165, 1.54) is 0 Å². The average molecular weight is 173 g/mol. The van der Waals surface area contributed by atoms with Crippen LogP contribution >= 0.6 is 0 Å². The molecule has 0 rings (SSSR count). The lowest BCUT2D eigenvalue weighted by Crippen LogP contribution is -1.87. The van der Waals surface area contributed by atoms with Gasteiger partial charge in [-0.25, -0.2) is 0 Å². The number of unbranched alkanes of at least 4 members (excludes halogenated alkanes) is 3. The summed E-state index contributed by atoms with van der Waals surface area (Å²) >= 11 is 0. The van der Waals surface area contributed by atoms with Crippen molar-refractivity contribution in [2.75, 3.05) is 13.7 Å². The van der Waals surface area contributed by atoms with E-state index in [0.717, 1.165) is 38.5 Å². The van der Waals surface area contributed by atoms with Gasteiger partial charge in [0.15, 0.2) is 0 Å². The minimum atomic E-state index is -0.435. The van der Waals surface area contributed by atoms with E-state index in [1.54, 1.807) is 13.2 Å². The lowest BCUT2D eigenvalue weighted by Gasteiger charge is -1.95. The van der Waals surface area contributed by atoms with Gasteiger partial charge >= 0.3 is 0 Å². The molecule has 4 heteroatoms. The fraction of sp³-hybridized carbons (Fsp3) is 0.750. The maximum Gasteiger partial charge on any atom is 0.230 e. The fourth-order valence-electron chi connectivity index (χ4n) is 0.846. The van der Waals surface area contributed by atoms with E-state index in [2.05, 4.69) is 0 Å². The second kappa shape index (κ2) is 8.20. The molecular formula is C8H15NO3. The van der Waals surface area contributed by atoms with E-state index < -0.39 is 4.92 Å². The SMILES string of the molecule is COCCCCCC=C[N+](=O)[O-]. The summed E-state index contributed by atoms with van der Waals surface area (Å²) in [6, 6.07) is 0. The van der Waals surface area contributed by atoms with Crippen molar-refractivity contribution in [1.82, 2.24) is 0 Å². The minimum Gasteiger partial charge on any atom is -0.385 e. The lowest BCUT2D eigenvalue weighted by atomic mass is 10.2. The van der Waals surface area contributed by atoms with Crippen molar-refractivity contribution in [3.8, 4) is 0 Å². The van der Waals surface area contributed by atoms with Crippen LogP contribution in [0.1, 0.15) is 25.7 Å². The molecule has 0 unspecified atom stereocenters. The van der Waals surface area contributed by atoms with Crippen LogP contribution in [0.4, 0.5) is 0 Å². The number of ether oxygens (including phenoxy) is 1. The second-order valence-corrected chi connectivity index (χ2v) is 2.51. The highest BCUT2D eigenvalue weighted by atomic mass is 16.6. The van der Waals surface area contributed by atoms with Crippen LogP contribution in [0.25, 0.3) is 0 Å². The van der Waals surface area contributed by atoms with Crippen LogP contribution in [0.3, 0.4) is 0 Å². The van der Waals surface area contributed by atoms with E-state index in [9.17, 15) is 10.1 Å². The first-order valence-electron chi connectivity index (χ1n) is 4.06. The molecule has 0 aromatic rings. The zero-order chi connectivity index (χ0) is 9.23. The van der Waals surface area contributed by atoms with Crippen LogP contribution < -0.4 is 0 Å². The average Bonchev–Trinajstić information content (AvgIpc) is 2.02. The van der Waals surface area contributed by atoms with Crippen molar-refractivity contribution in [3.63, 3.8) is 0 Å². The molecule has 0 bridgehead atoms. The summed E-state index contributed by atoms with van der Waals surface area (Å²) in [7, 11) is 1.67. The molecule has 0 amide bonds. The molecule has 12 heavy (non-hydrogen) atoms. The highest BCUT2D eigenvalue weighted by Gasteiger charge is 1.88. The Morgan fingerprint density at radius 2 is 2.17 bits per heavy atom. The maximum atomic E-state index is 9.83. The van der Waals surface area contributed by atoms with Gasteiger partial charge in [-0.1, -0.05) is 6.42 Å². The monoisotopic (exact) mass is 173 g/mol. The van der Waals surface area contributed by atoms with Crippen LogP contribution in [0.15, 0.2) is 12.3 Å². The summed E-state index contributed by atoms with van der Waals surface area (Å²) in [4.78, 5) is 9.40. The van der Waals surface area contributed by atoms with Crippen LogP contribution in [-0.2, 0) is 4.74 Å². The molecule has 0 saturated heterocycles. The summed E-state index contributed by atoms with van der Waals surface area (Å²) < 4.78 is 4.86. The Labute approximate surface area is 72.4 Å². The summed E-state index contributed by atoms with van der Waals surface area (Å²) in [6.45, 7) is 0.777. The van der Waals surface area contributed by atoms with Gasteiger partial charge in [-0.05, 0) is 25.3 Å². The van der Waals surface area contributed by atoms with Crippen molar-refractivity contribution < 1.29 is 9.66 Å². The molecule has 0 aliphatic carbocycles. The van der Waals surface area contributed by atoms with Gasteiger partial charge in [0.1, 0.15) is 0 Å². The minimum absolute atomic E-state index is 0.435. The molecule has 0 aromatic heterocycles. The Kier molecular flexibility index (Phi) is 7.58. The predicted molar refractivity (Wildman–Crippen MR) is 46.5 cm³/mol. The van der Waals surface area contributed by atoms with Gasteiger partial charge in [0, 0.05) is 13.7 Å². The Hall–Kier alpha value is -0.900. The first kappa shape index (κ1) is 11.1. The topological polar surface area (TPSA) is 52.4 Å². The number of nitro groups is 1. The maximum absolute atomic E-state index is 9.83. The van der Waals surface area contributed by atoms with E-state index in [4.69, 9.17) is 4.74 Å². The Morgan fingerprint density at radius 1 is 1.42 bits per heavy atom. The lowest BCUT2D eigenvalue weighted by molar-refractivity contribution is -0.402. The van der Waals surface area contributed by atoms with E-state index >= 15 is 0 Å². The van der Waals surface area contributed by atoms with Crippen LogP contribution in [0, 0.1) is 10.1 Å². The number of nitrogens with zero attached hydrogens (tertiary/aromatic N) is 1. The van der Waals surface area contributed by atoms with Crippen molar-refractivity contribution >= 4 is 0 Å². The molecule has 70 valence electrons. The first-order chi connectivity index (χ1) is 5.77. The molecule has 4 nitrogen and oxygen atoms in total. The van der Waals surface area contributed by atoms with E-state index in [-0.39, 0.29) is 0 Å². The van der Waals surface area contributed by atoms with E-state index in [1.807, 2.05) is 0 Å². The molecule has 0 heterocycles. The Balaban J connectivity index is 3.05. The summed E-state index contributed by atoms with van der Waals surface area (Å²) in [5.74, 6) is 0. The fourth-order valence-corrected chi connectivity index (χ4v) is 0.846. The van der Waals surface area contributed by atoms with Gasteiger partial charge in [-0.3, -0.25) is 10.1 Å². The molecule has 0 aliphatic heterocycles. The largest absolute Gasteiger partial charge is 0.385 e. The molecule has 0 spiro atoms. The smallest absolute Gasteiger partial charge is 0.230 e. The molecule has 0 saturated carbocycles. The Morgan fingerprint density at radius 3 is 2.75 bits per heavy atom. The first-order valence-corrected chi connectivity index (χ1v) is 4.06. The van der Waals surface area contributed by atoms with Gasteiger partial charge in [-0.2, -0.15) is 0 Å². The summed E-state index contributed by atoms with van der Waals surface area (Å²) in [6.07, 6.45) is 6.46. The zero-order valence-electron chi connectivity index (χ0n) is 7.36. The van der Waals surface area contributed by atoms with Crippen LogP contribution in [0.5, 0.6) is 0 Å². The predicted octanol–water partition coefficient (Wildman–Crippen LogP) is 1.98. The summed E-state index contributed by atoms with van der Waals surface area (Å²) in [5.41, 5.74) is 0. The Bertz CT molecular complexity index is 145. The quantitative estimate of drug-likeness (QED) is 0.336. The molecule has 0 aromatic carbocycles. The highest BCUT2D eigenvalue weighted by Crippen LogP contribution is 2.00. The number of allylic oxidation sites excluding steroid dienone is 1. The third-order valence-corrected chi connectivity index (χ3v) is 1.45. The van der Waals surface area contributed by atoms with Gasteiger partial charge in [0.25, 0.3) is 0 Å². The van der Waals surface area contributed by atoms with Gasteiger partial charge < -0.3 is 4.74 Å². The second-order valence-electron chi connectivity index (χ2n) is 2.51. The molecule has 0 aliphatic rings.